The SMILES string of the molecule is O=C(O)C[C@@]12C(=O)OC(=O)C1C1CCC2C1. The molecule has 3 aliphatic rings. The van der Waals surface area contributed by atoms with Crippen molar-refractivity contribution in [3.8, 4) is 0 Å². The summed E-state index contributed by atoms with van der Waals surface area (Å²) in [7, 11) is 0. The van der Waals surface area contributed by atoms with Crippen molar-refractivity contribution >= 4 is 17.9 Å². The van der Waals surface area contributed by atoms with Crippen molar-refractivity contribution in [2.45, 2.75) is 25.7 Å². The van der Waals surface area contributed by atoms with E-state index in [9.17, 15) is 14.4 Å². The number of ether oxygens (including phenoxy) is 1. The molecule has 16 heavy (non-hydrogen) atoms. The lowest BCUT2D eigenvalue weighted by Gasteiger charge is -2.31. The second-order valence-corrected chi connectivity index (χ2v) is 5.07. The minimum Gasteiger partial charge on any atom is -0.481 e. The van der Waals surface area contributed by atoms with E-state index in [4.69, 9.17) is 5.11 Å². The lowest BCUT2D eigenvalue weighted by Crippen LogP contribution is -2.41. The first-order valence-corrected chi connectivity index (χ1v) is 5.53. The molecule has 4 atom stereocenters. The number of fused-ring (bicyclic) bond motifs is 5. The van der Waals surface area contributed by atoms with Crippen LogP contribution in [0.1, 0.15) is 25.7 Å². The zero-order valence-electron chi connectivity index (χ0n) is 8.64. The molecule has 5 nitrogen and oxygen atoms in total. The number of aliphatic carboxylic acids is 1. The molecule has 86 valence electrons. The maximum Gasteiger partial charge on any atom is 0.321 e. The Morgan fingerprint density at radius 3 is 2.88 bits per heavy atom. The van der Waals surface area contributed by atoms with Crippen LogP contribution in [0.4, 0.5) is 0 Å². The predicted octanol–water partition coefficient (Wildman–Crippen LogP) is 0.577. The highest BCUT2D eigenvalue weighted by Gasteiger charge is 2.70. The summed E-state index contributed by atoms with van der Waals surface area (Å²) in [5.41, 5.74) is -1.04. The van der Waals surface area contributed by atoms with Crippen LogP contribution in [0.25, 0.3) is 0 Å². The van der Waals surface area contributed by atoms with Gasteiger partial charge in [-0.3, -0.25) is 14.4 Å². The monoisotopic (exact) mass is 224 g/mol. The van der Waals surface area contributed by atoms with Gasteiger partial charge in [-0.2, -0.15) is 0 Å². The molecule has 3 rings (SSSR count). The number of hydrogen-bond donors (Lipinski definition) is 1. The molecule has 3 fully saturated rings. The molecule has 0 aromatic carbocycles. The second-order valence-electron chi connectivity index (χ2n) is 5.07. The molecular weight excluding hydrogens is 212 g/mol. The molecule has 1 saturated heterocycles. The van der Waals surface area contributed by atoms with Gasteiger partial charge in [-0.15, -0.1) is 0 Å². The first-order valence-electron chi connectivity index (χ1n) is 5.53. The molecule has 1 heterocycles. The van der Waals surface area contributed by atoms with E-state index in [0.29, 0.717) is 0 Å². The van der Waals surface area contributed by atoms with Crippen LogP contribution in [0.15, 0.2) is 0 Å². The van der Waals surface area contributed by atoms with E-state index in [1.807, 2.05) is 0 Å². The number of cyclic esters (lactones) is 2. The molecule has 3 unspecified atom stereocenters. The van der Waals surface area contributed by atoms with Crippen LogP contribution >= 0.6 is 0 Å². The summed E-state index contributed by atoms with van der Waals surface area (Å²) in [5.74, 6) is -2.43. The van der Waals surface area contributed by atoms with Gasteiger partial charge < -0.3 is 9.84 Å². The van der Waals surface area contributed by atoms with Crippen LogP contribution in [0.3, 0.4) is 0 Å². The van der Waals surface area contributed by atoms with Gasteiger partial charge in [-0.05, 0) is 31.1 Å². The molecule has 1 aliphatic heterocycles. The molecule has 2 saturated carbocycles. The van der Waals surface area contributed by atoms with Crippen molar-refractivity contribution in [1.82, 2.24) is 0 Å². The summed E-state index contributed by atoms with van der Waals surface area (Å²) in [4.78, 5) is 34.3. The van der Waals surface area contributed by atoms with Crippen LogP contribution in [-0.2, 0) is 19.1 Å². The molecule has 0 amide bonds. The molecule has 0 radical (unpaired) electrons. The summed E-state index contributed by atoms with van der Waals surface area (Å²) in [6.45, 7) is 0. The fourth-order valence-electron chi connectivity index (χ4n) is 3.98. The standard InChI is InChI=1S/C11H12O5/c12-7(13)4-11-6-2-1-5(3-6)8(11)9(14)16-10(11)15/h5-6,8H,1-4H2,(H,12,13)/t5?,6?,8?,11-/m0/s1. The van der Waals surface area contributed by atoms with Gasteiger partial charge in [0.1, 0.15) is 0 Å². The van der Waals surface area contributed by atoms with Gasteiger partial charge in [0.05, 0.1) is 17.8 Å². The number of carboxylic acid groups (broad SMARTS) is 1. The second kappa shape index (κ2) is 2.84. The van der Waals surface area contributed by atoms with Gasteiger partial charge in [0.2, 0.25) is 0 Å². The zero-order chi connectivity index (χ0) is 11.5. The van der Waals surface area contributed by atoms with Gasteiger partial charge in [0, 0.05) is 0 Å². The predicted molar refractivity (Wildman–Crippen MR) is 50.1 cm³/mol. The van der Waals surface area contributed by atoms with Crippen LogP contribution < -0.4 is 0 Å². The van der Waals surface area contributed by atoms with Crippen molar-refractivity contribution in [3.05, 3.63) is 0 Å². The molecule has 0 aromatic rings. The third-order valence-electron chi connectivity index (χ3n) is 4.50. The number of hydrogen-bond acceptors (Lipinski definition) is 4. The number of esters is 2. The molecule has 0 spiro atoms. The molecule has 2 aliphatic carbocycles. The summed E-state index contributed by atoms with van der Waals surface area (Å²) >= 11 is 0. The minimum atomic E-state index is -1.04. The molecule has 2 bridgehead atoms. The van der Waals surface area contributed by atoms with E-state index < -0.39 is 29.2 Å². The van der Waals surface area contributed by atoms with Crippen LogP contribution in [-0.4, -0.2) is 23.0 Å². The van der Waals surface area contributed by atoms with Gasteiger partial charge in [-0.1, -0.05) is 0 Å². The van der Waals surface area contributed by atoms with E-state index in [0.717, 1.165) is 19.3 Å². The summed E-state index contributed by atoms with van der Waals surface area (Å²) < 4.78 is 4.67. The Bertz CT molecular complexity index is 401. The molecular formula is C11H12O5. The van der Waals surface area contributed by atoms with E-state index in [-0.39, 0.29) is 18.3 Å². The van der Waals surface area contributed by atoms with Crippen molar-refractivity contribution in [2.24, 2.45) is 23.2 Å². The highest BCUT2D eigenvalue weighted by Crippen LogP contribution is 2.64. The highest BCUT2D eigenvalue weighted by atomic mass is 16.6. The van der Waals surface area contributed by atoms with Crippen molar-refractivity contribution in [2.75, 3.05) is 0 Å². The van der Waals surface area contributed by atoms with Gasteiger partial charge >= 0.3 is 17.9 Å². The Balaban J connectivity index is 2.07. The van der Waals surface area contributed by atoms with Gasteiger partial charge in [-0.25, -0.2) is 0 Å². The van der Waals surface area contributed by atoms with Crippen molar-refractivity contribution in [3.63, 3.8) is 0 Å². The maximum atomic E-state index is 11.8. The third-order valence-corrected chi connectivity index (χ3v) is 4.50. The lowest BCUT2D eigenvalue weighted by atomic mass is 9.65. The normalized spacial score (nSPS) is 44.6. The van der Waals surface area contributed by atoms with E-state index in [1.165, 1.54) is 0 Å². The summed E-state index contributed by atoms with van der Waals surface area (Å²) in [6, 6.07) is 0. The molecule has 0 aromatic heterocycles. The van der Waals surface area contributed by atoms with Crippen molar-refractivity contribution in [1.29, 1.82) is 0 Å². The average Bonchev–Trinajstić information content (AvgIpc) is 2.79. The first-order chi connectivity index (χ1) is 7.55. The number of rotatable bonds is 2. The fourth-order valence-corrected chi connectivity index (χ4v) is 3.98. The topological polar surface area (TPSA) is 80.7 Å². The Labute approximate surface area is 91.8 Å². The Hall–Kier alpha value is -1.39. The Morgan fingerprint density at radius 2 is 2.19 bits per heavy atom. The van der Waals surface area contributed by atoms with E-state index in [2.05, 4.69) is 4.74 Å². The lowest BCUT2D eigenvalue weighted by molar-refractivity contribution is -0.159. The average molecular weight is 224 g/mol. The smallest absolute Gasteiger partial charge is 0.321 e. The first kappa shape index (κ1) is 9.81. The number of carbonyl (C=O) groups is 3. The Kier molecular flexibility index (Phi) is 1.74. The van der Waals surface area contributed by atoms with Gasteiger partial charge in [0.15, 0.2) is 0 Å². The quantitative estimate of drug-likeness (QED) is 0.548. The Morgan fingerprint density at radius 1 is 1.44 bits per heavy atom. The van der Waals surface area contributed by atoms with E-state index in [1.54, 1.807) is 0 Å². The van der Waals surface area contributed by atoms with Crippen LogP contribution in [0, 0.1) is 23.2 Å². The largest absolute Gasteiger partial charge is 0.481 e. The highest BCUT2D eigenvalue weighted by molar-refractivity contribution is 6.02. The molecule has 5 heteroatoms. The maximum absolute atomic E-state index is 11.8. The fraction of sp³-hybridized carbons (Fsp3) is 0.727. The van der Waals surface area contributed by atoms with Crippen molar-refractivity contribution < 1.29 is 24.2 Å². The number of carboxylic acids is 1. The third kappa shape index (κ3) is 0.936. The number of carbonyl (C=O) groups excluding carboxylic acids is 2. The molecule has 1 N–H and O–H groups in total. The summed E-state index contributed by atoms with van der Waals surface area (Å²) in [5, 5.41) is 8.93. The van der Waals surface area contributed by atoms with Crippen LogP contribution in [0.2, 0.25) is 0 Å². The van der Waals surface area contributed by atoms with Crippen LogP contribution in [0.5, 0.6) is 0 Å². The minimum absolute atomic E-state index is 0.0255. The summed E-state index contributed by atoms with van der Waals surface area (Å²) in [6.07, 6.45) is 2.30. The van der Waals surface area contributed by atoms with Gasteiger partial charge in [0.25, 0.3) is 0 Å². The zero-order valence-corrected chi connectivity index (χ0v) is 8.64. The van der Waals surface area contributed by atoms with E-state index >= 15 is 0 Å².